The van der Waals surface area contributed by atoms with Crippen molar-refractivity contribution in [3.63, 3.8) is 0 Å². The van der Waals surface area contributed by atoms with Gasteiger partial charge in [0.1, 0.15) is 0 Å². The molecule has 0 atom stereocenters. The standard InChI is InChI=1S/C22H46NO4P/c1-3-5-7-9-11-13-15-17-20-26-28(25,22-19-23-24)27-21-18-16-14-12-10-8-6-4-2/h19,24H,3-18,20-22H2,1-2H3. The molecule has 0 amide bonds. The highest BCUT2D eigenvalue weighted by Gasteiger charge is 2.23. The van der Waals surface area contributed by atoms with Crippen LogP contribution in [0.3, 0.4) is 0 Å². The Hall–Kier alpha value is -0.380. The second kappa shape index (κ2) is 21.3. The molecule has 6 heteroatoms. The molecule has 0 rings (SSSR count). The maximum absolute atomic E-state index is 12.7. The fourth-order valence-corrected chi connectivity index (χ4v) is 4.53. The molecule has 5 nitrogen and oxygen atoms in total. The smallest absolute Gasteiger partial charge is 0.336 e. The van der Waals surface area contributed by atoms with Crippen LogP contribution in [-0.2, 0) is 13.6 Å². The summed E-state index contributed by atoms with van der Waals surface area (Å²) in [5, 5.41) is 11.6. The number of unbranched alkanes of at least 4 members (excludes halogenated alkanes) is 14. The molecule has 0 bridgehead atoms. The molecule has 0 aromatic rings. The minimum atomic E-state index is -3.19. The predicted molar refractivity (Wildman–Crippen MR) is 120 cm³/mol. The van der Waals surface area contributed by atoms with E-state index in [4.69, 9.17) is 14.3 Å². The fourth-order valence-electron chi connectivity index (χ4n) is 3.16. The second-order valence-electron chi connectivity index (χ2n) is 7.71. The molecule has 0 aromatic heterocycles. The fraction of sp³-hybridized carbons (Fsp3) is 0.955. The van der Waals surface area contributed by atoms with Gasteiger partial charge in [-0.1, -0.05) is 104 Å². The monoisotopic (exact) mass is 419 g/mol. The Balaban J connectivity index is 3.80. The summed E-state index contributed by atoms with van der Waals surface area (Å²) in [7, 11) is -3.19. The van der Waals surface area contributed by atoms with Crippen LogP contribution in [0, 0.1) is 0 Å². The van der Waals surface area contributed by atoms with Crippen molar-refractivity contribution in [2.24, 2.45) is 5.16 Å². The molecule has 0 aliphatic heterocycles. The van der Waals surface area contributed by atoms with Crippen molar-refractivity contribution in [2.75, 3.05) is 19.4 Å². The van der Waals surface area contributed by atoms with E-state index < -0.39 is 7.60 Å². The maximum Gasteiger partial charge on any atom is 0.336 e. The molecule has 0 fully saturated rings. The molecule has 0 radical (unpaired) electrons. The maximum atomic E-state index is 12.7. The van der Waals surface area contributed by atoms with Crippen LogP contribution in [-0.4, -0.2) is 30.8 Å². The summed E-state index contributed by atoms with van der Waals surface area (Å²) in [6.45, 7) is 5.35. The van der Waals surface area contributed by atoms with E-state index in [0.717, 1.165) is 25.7 Å². The van der Waals surface area contributed by atoms with Crippen LogP contribution in [0.15, 0.2) is 5.16 Å². The van der Waals surface area contributed by atoms with Crippen LogP contribution >= 0.6 is 7.60 Å². The quantitative estimate of drug-likeness (QED) is 0.0635. The average molecular weight is 420 g/mol. The van der Waals surface area contributed by atoms with Crippen molar-refractivity contribution in [1.82, 2.24) is 0 Å². The summed E-state index contributed by atoms with van der Waals surface area (Å²) in [5.41, 5.74) is 0. The summed E-state index contributed by atoms with van der Waals surface area (Å²) < 4.78 is 23.9. The highest BCUT2D eigenvalue weighted by atomic mass is 31.2. The van der Waals surface area contributed by atoms with Crippen LogP contribution in [0.5, 0.6) is 0 Å². The molecule has 0 saturated heterocycles. The zero-order valence-corrected chi connectivity index (χ0v) is 19.5. The van der Waals surface area contributed by atoms with Gasteiger partial charge in [-0.15, -0.1) is 5.16 Å². The molecule has 0 aromatic carbocycles. The van der Waals surface area contributed by atoms with Gasteiger partial charge in [-0.05, 0) is 12.8 Å². The van der Waals surface area contributed by atoms with Crippen LogP contribution in [0.4, 0.5) is 0 Å². The molecule has 28 heavy (non-hydrogen) atoms. The molecule has 0 aliphatic rings. The van der Waals surface area contributed by atoms with Gasteiger partial charge in [0.25, 0.3) is 0 Å². The summed E-state index contributed by atoms with van der Waals surface area (Å²) in [4.78, 5) is 0. The summed E-state index contributed by atoms with van der Waals surface area (Å²) in [6, 6.07) is 0. The lowest BCUT2D eigenvalue weighted by Gasteiger charge is -2.17. The Bertz CT molecular complexity index is 365. The highest BCUT2D eigenvalue weighted by molar-refractivity contribution is 7.54. The van der Waals surface area contributed by atoms with Gasteiger partial charge in [0.2, 0.25) is 0 Å². The third-order valence-corrected chi connectivity index (χ3v) is 6.72. The first kappa shape index (κ1) is 27.6. The van der Waals surface area contributed by atoms with Gasteiger partial charge in [0, 0.05) is 0 Å². The molecule has 0 spiro atoms. The van der Waals surface area contributed by atoms with Gasteiger partial charge in [-0.3, -0.25) is 4.57 Å². The van der Waals surface area contributed by atoms with Crippen molar-refractivity contribution in [3.05, 3.63) is 0 Å². The van der Waals surface area contributed by atoms with Gasteiger partial charge >= 0.3 is 7.60 Å². The first-order valence-electron chi connectivity index (χ1n) is 11.7. The van der Waals surface area contributed by atoms with Crippen LogP contribution < -0.4 is 0 Å². The largest absolute Gasteiger partial charge is 0.411 e. The van der Waals surface area contributed by atoms with Crippen LogP contribution in [0.2, 0.25) is 0 Å². The third kappa shape index (κ3) is 19.0. The number of nitrogens with zero attached hydrogens (tertiary/aromatic N) is 1. The lowest BCUT2D eigenvalue weighted by Crippen LogP contribution is -2.04. The molecule has 168 valence electrons. The van der Waals surface area contributed by atoms with E-state index in [1.54, 1.807) is 0 Å². The van der Waals surface area contributed by atoms with E-state index >= 15 is 0 Å². The first-order valence-corrected chi connectivity index (χ1v) is 13.4. The van der Waals surface area contributed by atoms with Crippen molar-refractivity contribution in [3.8, 4) is 0 Å². The summed E-state index contributed by atoms with van der Waals surface area (Å²) in [6.07, 6.45) is 20.7. The molecule has 0 unspecified atom stereocenters. The van der Waals surface area contributed by atoms with E-state index in [2.05, 4.69) is 19.0 Å². The predicted octanol–water partition coefficient (Wildman–Crippen LogP) is 7.95. The van der Waals surface area contributed by atoms with Crippen molar-refractivity contribution in [1.29, 1.82) is 0 Å². The molecule has 1 N–H and O–H groups in total. The number of oxime groups is 1. The zero-order chi connectivity index (χ0) is 20.8. The Labute approximate surface area is 174 Å². The second-order valence-corrected chi connectivity index (χ2v) is 9.81. The topological polar surface area (TPSA) is 68.1 Å². The number of hydrogen-bond donors (Lipinski definition) is 1. The summed E-state index contributed by atoms with van der Waals surface area (Å²) >= 11 is 0. The van der Waals surface area contributed by atoms with Gasteiger partial charge in [-0.2, -0.15) is 0 Å². The number of hydrogen-bond acceptors (Lipinski definition) is 5. The third-order valence-electron chi connectivity index (χ3n) is 4.96. The Morgan fingerprint density at radius 3 is 1.39 bits per heavy atom. The van der Waals surface area contributed by atoms with Gasteiger partial charge < -0.3 is 14.3 Å². The van der Waals surface area contributed by atoms with E-state index in [0.29, 0.717) is 13.2 Å². The van der Waals surface area contributed by atoms with Crippen molar-refractivity contribution < 1.29 is 18.8 Å². The van der Waals surface area contributed by atoms with Crippen LogP contribution in [0.25, 0.3) is 0 Å². The SMILES string of the molecule is CCCCCCCCCCOP(=O)(CC=NO)OCCCCCCCCCC. The molecular formula is C22H46NO4P. The van der Waals surface area contributed by atoms with E-state index in [9.17, 15) is 4.57 Å². The van der Waals surface area contributed by atoms with Gasteiger partial charge in [-0.25, -0.2) is 0 Å². The average Bonchev–Trinajstić information content (AvgIpc) is 2.70. The lowest BCUT2D eigenvalue weighted by atomic mass is 10.1. The van der Waals surface area contributed by atoms with Gasteiger partial charge in [0.15, 0.2) is 0 Å². The lowest BCUT2D eigenvalue weighted by molar-refractivity contribution is 0.200. The highest BCUT2D eigenvalue weighted by Crippen LogP contribution is 2.47. The Kier molecular flexibility index (Phi) is 21.0. The Morgan fingerprint density at radius 2 is 1.04 bits per heavy atom. The molecular weight excluding hydrogens is 373 g/mol. The van der Waals surface area contributed by atoms with Crippen molar-refractivity contribution >= 4 is 13.8 Å². The number of rotatable bonds is 22. The summed E-state index contributed by atoms with van der Waals surface area (Å²) in [5.74, 6) is 0. The van der Waals surface area contributed by atoms with Crippen molar-refractivity contribution in [2.45, 2.75) is 117 Å². The van der Waals surface area contributed by atoms with Gasteiger partial charge in [0.05, 0.1) is 25.6 Å². The molecule has 0 heterocycles. The zero-order valence-electron chi connectivity index (χ0n) is 18.6. The van der Waals surface area contributed by atoms with Crippen LogP contribution in [0.1, 0.15) is 117 Å². The van der Waals surface area contributed by atoms with E-state index in [1.165, 1.54) is 83.3 Å². The normalized spacial score (nSPS) is 12.2. The first-order chi connectivity index (χ1) is 13.7. The Morgan fingerprint density at radius 1 is 0.679 bits per heavy atom. The van der Waals surface area contributed by atoms with E-state index in [-0.39, 0.29) is 6.16 Å². The molecule has 0 saturated carbocycles. The minimum Gasteiger partial charge on any atom is -0.411 e. The minimum absolute atomic E-state index is 0.0392. The van der Waals surface area contributed by atoms with E-state index in [1.807, 2.05) is 0 Å². The molecule has 0 aliphatic carbocycles.